The zero-order valence-corrected chi connectivity index (χ0v) is 10.4. The number of aromatic nitrogens is 3. The predicted molar refractivity (Wildman–Crippen MR) is 67.1 cm³/mol. The Hall–Kier alpha value is -2.70. The van der Waals surface area contributed by atoms with Crippen LogP contribution in [-0.2, 0) is 7.05 Å². The van der Waals surface area contributed by atoms with Crippen LogP contribution in [0.2, 0.25) is 0 Å². The standard InChI is InChI=1S/C12H12N4O3/c1-7-9(6-16(2)15-7)11(17)14-10-5-13-4-3-8(10)12(18)19/h3-6H,1-2H3,(H,14,17)(H,18,19). The van der Waals surface area contributed by atoms with Gasteiger partial charge in [-0.15, -0.1) is 0 Å². The second kappa shape index (κ2) is 4.89. The highest BCUT2D eigenvalue weighted by Gasteiger charge is 2.16. The molecule has 2 aromatic heterocycles. The molecule has 98 valence electrons. The lowest BCUT2D eigenvalue weighted by Crippen LogP contribution is -2.15. The maximum Gasteiger partial charge on any atom is 0.337 e. The molecule has 7 heteroatoms. The van der Waals surface area contributed by atoms with Crippen molar-refractivity contribution in [2.75, 3.05) is 5.32 Å². The number of pyridine rings is 1. The van der Waals surface area contributed by atoms with Crippen LogP contribution >= 0.6 is 0 Å². The number of nitrogens with one attached hydrogen (secondary N) is 1. The highest BCUT2D eigenvalue weighted by Crippen LogP contribution is 2.15. The number of carboxylic acids is 1. The quantitative estimate of drug-likeness (QED) is 0.860. The first kappa shape index (κ1) is 12.7. The van der Waals surface area contributed by atoms with Crippen molar-refractivity contribution in [3.8, 4) is 0 Å². The largest absolute Gasteiger partial charge is 0.478 e. The molecule has 0 unspecified atom stereocenters. The molecule has 2 N–H and O–H groups in total. The van der Waals surface area contributed by atoms with Crippen LogP contribution in [0.25, 0.3) is 0 Å². The van der Waals surface area contributed by atoms with Crippen molar-refractivity contribution in [3.05, 3.63) is 41.5 Å². The molecule has 0 aliphatic carbocycles. The molecule has 2 aromatic rings. The van der Waals surface area contributed by atoms with Crippen LogP contribution in [0.4, 0.5) is 5.69 Å². The normalized spacial score (nSPS) is 10.2. The lowest BCUT2D eigenvalue weighted by Gasteiger charge is -2.06. The summed E-state index contributed by atoms with van der Waals surface area (Å²) in [5.41, 5.74) is 1.11. The number of carbonyl (C=O) groups excluding carboxylic acids is 1. The van der Waals surface area contributed by atoms with Gasteiger partial charge in [0.2, 0.25) is 0 Å². The highest BCUT2D eigenvalue weighted by molar-refractivity contribution is 6.07. The molecule has 7 nitrogen and oxygen atoms in total. The SMILES string of the molecule is Cc1nn(C)cc1C(=O)Nc1cnccc1C(=O)O. The molecule has 0 atom stereocenters. The summed E-state index contributed by atoms with van der Waals surface area (Å²) in [4.78, 5) is 26.9. The first-order chi connectivity index (χ1) is 8.99. The van der Waals surface area contributed by atoms with Crippen LogP contribution in [0.5, 0.6) is 0 Å². The molecular weight excluding hydrogens is 248 g/mol. The van der Waals surface area contributed by atoms with Crippen molar-refractivity contribution >= 4 is 17.6 Å². The summed E-state index contributed by atoms with van der Waals surface area (Å²) >= 11 is 0. The number of hydrogen-bond donors (Lipinski definition) is 2. The van der Waals surface area contributed by atoms with E-state index in [1.807, 2.05) is 0 Å². The Morgan fingerprint density at radius 3 is 2.68 bits per heavy atom. The van der Waals surface area contributed by atoms with E-state index in [-0.39, 0.29) is 11.3 Å². The molecule has 0 bridgehead atoms. The second-order valence-corrected chi connectivity index (χ2v) is 3.98. The summed E-state index contributed by atoms with van der Waals surface area (Å²) in [7, 11) is 1.70. The van der Waals surface area contributed by atoms with Gasteiger partial charge in [0.05, 0.1) is 28.7 Å². The molecule has 0 aliphatic rings. The van der Waals surface area contributed by atoms with Gasteiger partial charge in [0.25, 0.3) is 5.91 Å². The monoisotopic (exact) mass is 260 g/mol. The molecule has 0 fully saturated rings. The Balaban J connectivity index is 2.29. The predicted octanol–water partition coefficient (Wildman–Crippen LogP) is 1.07. The number of aromatic carboxylic acids is 1. The first-order valence-electron chi connectivity index (χ1n) is 5.48. The minimum absolute atomic E-state index is 0.00936. The van der Waals surface area contributed by atoms with Crippen LogP contribution in [0.1, 0.15) is 26.4 Å². The Morgan fingerprint density at radius 2 is 2.11 bits per heavy atom. The molecule has 0 saturated carbocycles. The van der Waals surface area contributed by atoms with Gasteiger partial charge in [-0.3, -0.25) is 14.5 Å². The molecule has 0 aromatic carbocycles. The molecule has 2 rings (SSSR count). The molecule has 0 aliphatic heterocycles. The van der Waals surface area contributed by atoms with E-state index in [1.54, 1.807) is 20.2 Å². The molecule has 2 heterocycles. The van der Waals surface area contributed by atoms with Gasteiger partial charge in [0.15, 0.2) is 0 Å². The Labute approximate surface area is 108 Å². The second-order valence-electron chi connectivity index (χ2n) is 3.98. The van der Waals surface area contributed by atoms with Crippen molar-refractivity contribution < 1.29 is 14.7 Å². The van der Waals surface area contributed by atoms with Crippen LogP contribution in [0.3, 0.4) is 0 Å². The van der Waals surface area contributed by atoms with Crippen LogP contribution in [0.15, 0.2) is 24.7 Å². The van der Waals surface area contributed by atoms with Gasteiger partial charge in [-0.1, -0.05) is 0 Å². The fourth-order valence-corrected chi connectivity index (χ4v) is 1.69. The summed E-state index contributed by atoms with van der Waals surface area (Å²) in [6.45, 7) is 1.70. The van der Waals surface area contributed by atoms with E-state index in [4.69, 9.17) is 5.11 Å². The van der Waals surface area contributed by atoms with Gasteiger partial charge in [0, 0.05) is 19.4 Å². The van der Waals surface area contributed by atoms with E-state index >= 15 is 0 Å². The summed E-state index contributed by atoms with van der Waals surface area (Å²) in [5, 5.41) is 15.6. The average molecular weight is 260 g/mol. The van der Waals surface area contributed by atoms with Gasteiger partial charge in [0.1, 0.15) is 0 Å². The Bertz CT molecular complexity index is 648. The number of amides is 1. The molecule has 19 heavy (non-hydrogen) atoms. The third-order valence-electron chi connectivity index (χ3n) is 2.56. The fourth-order valence-electron chi connectivity index (χ4n) is 1.69. The molecular formula is C12H12N4O3. The number of carbonyl (C=O) groups is 2. The topological polar surface area (TPSA) is 97.1 Å². The molecule has 1 amide bonds. The first-order valence-corrected chi connectivity index (χ1v) is 5.48. The zero-order chi connectivity index (χ0) is 14.0. The Kier molecular flexibility index (Phi) is 3.28. The van der Waals surface area contributed by atoms with Crippen LogP contribution in [0, 0.1) is 6.92 Å². The highest BCUT2D eigenvalue weighted by atomic mass is 16.4. The number of carboxylic acid groups (broad SMARTS) is 1. The van der Waals surface area contributed by atoms with E-state index in [2.05, 4.69) is 15.4 Å². The van der Waals surface area contributed by atoms with Gasteiger partial charge in [-0.25, -0.2) is 4.79 Å². The third-order valence-corrected chi connectivity index (χ3v) is 2.56. The van der Waals surface area contributed by atoms with Gasteiger partial charge in [-0.05, 0) is 13.0 Å². The van der Waals surface area contributed by atoms with Crippen molar-refractivity contribution in [1.29, 1.82) is 0 Å². The fraction of sp³-hybridized carbons (Fsp3) is 0.167. The van der Waals surface area contributed by atoms with Crippen molar-refractivity contribution in [2.45, 2.75) is 6.92 Å². The summed E-state index contributed by atoms with van der Waals surface area (Å²) in [5.74, 6) is -1.54. The third kappa shape index (κ3) is 2.59. The van der Waals surface area contributed by atoms with Crippen LogP contribution in [-0.4, -0.2) is 31.7 Å². The van der Waals surface area contributed by atoms with E-state index in [1.165, 1.54) is 23.1 Å². The lowest BCUT2D eigenvalue weighted by molar-refractivity contribution is 0.0698. The number of rotatable bonds is 3. The van der Waals surface area contributed by atoms with E-state index in [9.17, 15) is 9.59 Å². The molecule has 0 radical (unpaired) electrons. The Morgan fingerprint density at radius 1 is 1.37 bits per heavy atom. The van der Waals surface area contributed by atoms with Crippen molar-refractivity contribution in [1.82, 2.24) is 14.8 Å². The average Bonchev–Trinajstić information content (AvgIpc) is 2.69. The summed E-state index contributed by atoms with van der Waals surface area (Å²) < 4.78 is 1.52. The molecule has 0 saturated heterocycles. The number of aryl methyl sites for hydroxylation is 2. The van der Waals surface area contributed by atoms with E-state index < -0.39 is 11.9 Å². The summed E-state index contributed by atoms with van der Waals surface area (Å²) in [6, 6.07) is 1.33. The number of nitrogens with zero attached hydrogens (tertiary/aromatic N) is 3. The van der Waals surface area contributed by atoms with Crippen molar-refractivity contribution in [3.63, 3.8) is 0 Å². The van der Waals surface area contributed by atoms with Crippen molar-refractivity contribution in [2.24, 2.45) is 7.05 Å². The van der Waals surface area contributed by atoms with Gasteiger partial charge >= 0.3 is 5.97 Å². The van der Waals surface area contributed by atoms with Gasteiger partial charge in [-0.2, -0.15) is 5.10 Å². The lowest BCUT2D eigenvalue weighted by atomic mass is 10.2. The summed E-state index contributed by atoms with van der Waals surface area (Å²) in [6.07, 6.45) is 4.23. The maximum absolute atomic E-state index is 12.0. The minimum Gasteiger partial charge on any atom is -0.478 e. The maximum atomic E-state index is 12.0. The zero-order valence-electron chi connectivity index (χ0n) is 10.4. The van der Waals surface area contributed by atoms with Crippen LogP contribution < -0.4 is 5.32 Å². The van der Waals surface area contributed by atoms with E-state index in [0.29, 0.717) is 11.3 Å². The smallest absolute Gasteiger partial charge is 0.337 e. The van der Waals surface area contributed by atoms with Gasteiger partial charge < -0.3 is 10.4 Å². The minimum atomic E-state index is -1.12. The number of anilines is 1. The number of hydrogen-bond acceptors (Lipinski definition) is 4. The molecule has 0 spiro atoms. The van der Waals surface area contributed by atoms with E-state index in [0.717, 1.165) is 0 Å².